The van der Waals surface area contributed by atoms with E-state index >= 15 is 0 Å². The second kappa shape index (κ2) is 5.21. The summed E-state index contributed by atoms with van der Waals surface area (Å²) in [6.07, 6.45) is 0.394. The van der Waals surface area contributed by atoms with Crippen molar-refractivity contribution in [3.63, 3.8) is 0 Å². The molecule has 1 aliphatic rings. The van der Waals surface area contributed by atoms with Crippen LogP contribution in [0.2, 0.25) is 0 Å². The maximum absolute atomic E-state index is 12.2. The van der Waals surface area contributed by atoms with Gasteiger partial charge in [0.2, 0.25) is 5.91 Å². The van der Waals surface area contributed by atoms with Gasteiger partial charge in [-0.25, -0.2) is 0 Å². The van der Waals surface area contributed by atoms with Gasteiger partial charge in [-0.05, 0) is 6.07 Å². The molecule has 6 nitrogen and oxygen atoms in total. The molecule has 0 radical (unpaired) electrons. The number of carbonyl (C=O) groups is 2. The fourth-order valence-corrected chi connectivity index (χ4v) is 2.86. The normalized spacial score (nSPS) is 15.8. The molecular formula is C15H17N3O3. The highest BCUT2D eigenvalue weighted by Gasteiger charge is 2.28. The van der Waals surface area contributed by atoms with Crippen molar-refractivity contribution in [2.45, 2.75) is 25.4 Å². The minimum atomic E-state index is -1.05. The van der Waals surface area contributed by atoms with Crippen molar-refractivity contribution >= 4 is 22.8 Å². The Kier molecular flexibility index (Phi) is 3.39. The van der Waals surface area contributed by atoms with Gasteiger partial charge < -0.3 is 20.7 Å². The van der Waals surface area contributed by atoms with Crippen LogP contribution in [0, 0.1) is 0 Å². The molecule has 0 aliphatic carbocycles. The Hall–Kier alpha value is -2.34. The van der Waals surface area contributed by atoms with Crippen LogP contribution in [0.25, 0.3) is 10.9 Å². The SMILES string of the molecule is NC(CC(=O)O)C(=O)N1CCc2[nH]c3ccccc3c2C1. The Balaban J connectivity index is 1.83. The van der Waals surface area contributed by atoms with Gasteiger partial charge >= 0.3 is 5.97 Å². The van der Waals surface area contributed by atoms with Crippen LogP contribution in [-0.2, 0) is 22.6 Å². The molecule has 2 heterocycles. The monoisotopic (exact) mass is 287 g/mol. The van der Waals surface area contributed by atoms with Gasteiger partial charge in [-0.2, -0.15) is 0 Å². The van der Waals surface area contributed by atoms with Crippen molar-refractivity contribution in [1.82, 2.24) is 9.88 Å². The van der Waals surface area contributed by atoms with Gasteiger partial charge in [0.05, 0.1) is 12.5 Å². The molecule has 110 valence electrons. The van der Waals surface area contributed by atoms with Gasteiger partial charge in [0.15, 0.2) is 0 Å². The van der Waals surface area contributed by atoms with Crippen molar-refractivity contribution in [3.8, 4) is 0 Å². The van der Waals surface area contributed by atoms with Crippen molar-refractivity contribution in [2.75, 3.05) is 6.54 Å². The first kappa shape index (κ1) is 13.6. The maximum Gasteiger partial charge on any atom is 0.305 e. The number of aromatic amines is 1. The van der Waals surface area contributed by atoms with Crippen molar-refractivity contribution < 1.29 is 14.7 Å². The molecule has 21 heavy (non-hydrogen) atoms. The zero-order valence-electron chi connectivity index (χ0n) is 11.5. The number of rotatable bonds is 3. The highest BCUT2D eigenvalue weighted by Crippen LogP contribution is 2.27. The molecule has 1 unspecified atom stereocenters. The molecule has 6 heteroatoms. The van der Waals surface area contributed by atoms with Gasteiger partial charge in [0, 0.05) is 41.7 Å². The number of nitrogens with two attached hydrogens (primary N) is 1. The first-order valence-electron chi connectivity index (χ1n) is 6.91. The summed E-state index contributed by atoms with van der Waals surface area (Å²) >= 11 is 0. The number of aliphatic carboxylic acids is 1. The Labute approximate surface area is 121 Å². The van der Waals surface area contributed by atoms with Crippen LogP contribution in [0.1, 0.15) is 17.7 Å². The topological polar surface area (TPSA) is 99.4 Å². The number of H-pyrrole nitrogens is 1. The van der Waals surface area contributed by atoms with Crippen LogP contribution >= 0.6 is 0 Å². The Bertz CT molecular complexity index is 707. The molecule has 1 aliphatic heterocycles. The lowest BCUT2D eigenvalue weighted by Gasteiger charge is -2.29. The van der Waals surface area contributed by atoms with E-state index in [0.717, 1.165) is 28.6 Å². The molecule has 3 rings (SSSR count). The summed E-state index contributed by atoms with van der Waals surface area (Å²) in [6, 6.07) is 6.99. The second-order valence-electron chi connectivity index (χ2n) is 5.34. The van der Waals surface area contributed by atoms with Crippen molar-refractivity contribution in [1.29, 1.82) is 0 Å². The number of carboxylic acids is 1. The number of amides is 1. The molecule has 1 aromatic carbocycles. The average Bonchev–Trinajstić information content (AvgIpc) is 2.83. The fourth-order valence-electron chi connectivity index (χ4n) is 2.86. The lowest BCUT2D eigenvalue weighted by molar-refractivity contribution is -0.142. The predicted molar refractivity (Wildman–Crippen MR) is 77.6 cm³/mol. The number of aromatic nitrogens is 1. The van der Waals surface area contributed by atoms with Crippen LogP contribution in [0.3, 0.4) is 0 Å². The zero-order chi connectivity index (χ0) is 15.0. The average molecular weight is 287 g/mol. The van der Waals surface area contributed by atoms with Crippen molar-refractivity contribution in [2.24, 2.45) is 5.73 Å². The summed E-state index contributed by atoms with van der Waals surface area (Å²) in [6.45, 7) is 1.04. The third-order valence-corrected chi connectivity index (χ3v) is 3.91. The Morgan fingerprint density at radius 3 is 2.90 bits per heavy atom. The smallest absolute Gasteiger partial charge is 0.305 e. The number of fused-ring (bicyclic) bond motifs is 3. The molecule has 1 atom stereocenters. The summed E-state index contributed by atoms with van der Waals surface area (Å²) in [7, 11) is 0. The lowest BCUT2D eigenvalue weighted by atomic mass is 10.0. The first-order valence-corrected chi connectivity index (χ1v) is 6.91. The highest BCUT2D eigenvalue weighted by molar-refractivity contribution is 5.88. The molecule has 0 saturated carbocycles. The van der Waals surface area contributed by atoms with E-state index in [0.29, 0.717) is 13.1 Å². The molecule has 0 spiro atoms. The van der Waals surface area contributed by atoms with Crippen LogP contribution in [0.15, 0.2) is 24.3 Å². The van der Waals surface area contributed by atoms with E-state index < -0.39 is 12.0 Å². The first-order chi connectivity index (χ1) is 10.1. The minimum Gasteiger partial charge on any atom is -0.481 e. The Morgan fingerprint density at radius 1 is 1.38 bits per heavy atom. The number of benzene rings is 1. The summed E-state index contributed by atoms with van der Waals surface area (Å²) in [5, 5.41) is 9.85. The molecule has 4 N–H and O–H groups in total. The lowest BCUT2D eigenvalue weighted by Crippen LogP contribution is -2.46. The number of hydrogen-bond donors (Lipinski definition) is 3. The number of para-hydroxylation sites is 1. The summed E-state index contributed by atoms with van der Waals surface area (Å²) < 4.78 is 0. The van der Waals surface area contributed by atoms with E-state index in [1.807, 2.05) is 24.3 Å². The number of carboxylic acid groups (broad SMARTS) is 1. The van der Waals surface area contributed by atoms with E-state index in [-0.39, 0.29) is 12.3 Å². The van der Waals surface area contributed by atoms with E-state index in [9.17, 15) is 9.59 Å². The molecule has 0 saturated heterocycles. The molecule has 1 amide bonds. The zero-order valence-corrected chi connectivity index (χ0v) is 11.5. The van der Waals surface area contributed by atoms with Gasteiger partial charge in [0.1, 0.15) is 0 Å². The fraction of sp³-hybridized carbons (Fsp3) is 0.333. The number of carbonyl (C=O) groups excluding carboxylic acids is 1. The summed E-state index contributed by atoms with van der Waals surface area (Å²) in [4.78, 5) is 27.9. The number of nitrogens with zero attached hydrogens (tertiary/aromatic N) is 1. The number of nitrogens with one attached hydrogen (secondary N) is 1. The highest BCUT2D eigenvalue weighted by atomic mass is 16.4. The van der Waals surface area contributed by atoms with Gasteiger partial charge in [-0.1, -0.05) is 18.2 Å². The summed E-state index contributed by atoms with van der Waals surface area (Å²) in [5.74, 6) is -1.35. The second-order valence-corrected chi connectivity index (χ2v) is 5.34. The van der Waals surface area contributed by atoms with E-state index in [4.69, 9.17) is 10.8 Å². The molecule has 2 aromatic rings. The molecule has 1 aromatic heterocycles. The molecular weight excluding hydrogens is 270 g/mol. The van der Waals surface area contributed by atoms with Crippen molar-refractivity contribution in [3.05, 3.63) is 35.5 Å². The van der Waals surface area contributed by atoms with Crippen LogP contribution < -0.4 is 5.73 Å². The Morgan fingerprint density at radius 2 is 2.14 bits per heavy atom. The van der Waals surface area contributed by atoms with E-state index in [1.54, 1.807) is 4.90 Å². The van der Waals surface area contributed by atoms with Gasteiger partial charge in [-0.15, -0.1) is 0 Å². The van der Waals surface area contributed by atoms with Gasteiger partial charge in [0.25, 0.3) is 0 Å². The van der Waals surface area contributed by atoms with Crippen LogP contribution in [0.4, 0.5) is 0 Å². The van der Waals surface area contributed by atoms with E-state index in [1.165, 1.54) is 0 Å². The van der Waals surface area contributed by atoms with E-state index in [2.05, 4.69) is 4.98 Å². The third-order valence-electron chi connectivity index (χ3n) is 3.91. The standard InChI is InChI=1S/C15H17N3O3/c16-11(7-14(19)20)15(21)18-6-5-13-10(8-18)9-3-1-2-4-12(9)17-13/h1-4,11,17H,5-8,16H2,(H,19,20). The van der Waals surface area contributed by atoms with Gasteiger partial charge in [-0.3, -0.25) is 9.59 Å². The molecule has 0 bridgehead atoms. The minimum absolute atomic E-state index is 0.298. The quantitative estimate of drug-likeness (QED) is 0.779. The molecule has 0 fully saturated rings. The van der Waals surface area contributed by atoms with Crippen LogP contribution in [-0.4, -0.2) is 39.5 Å². The van der Waals surface area contributed by atoms with Crippen LogP contribution in [0.5, 0.6) is 0 Å². The largest absolute Gasteiger partial charge is 0.481 e. The summed E-state index contributed by atoms with van der Waals surface area (Å²) in [5.41, 5.74) is 8.99. The predicted octanol–water partition coefficient (Wildman–Crippen LogP) is 0.855. The maximum atomic E-state index is 12.2. The number of hydrogen-bond acceptors (Lipinski definition) is 3. The third kappa shape index (κ3) is 2.50.